The summed E-state index contributed by atoms with van der Waals surface area (Å²) in [6.07, 6.45) is 7.42. The minimum absolute atomic E-state index is 0.00156. The van der Waals surface area contributed by atoms with Crippen LogP contribution >= 0.6 is 0 Å². The van der Waals surface area contributed by atoms with Crippen LogP contribution in [-0.2, 0) is 24.1 Å². The van der Waals surface area contributed by atoms with Crippen LogP contribution in [0.2, 0.25) is 0 Å². The van der Waals surface area contributed by atoms with Crippen LogP contribution in [0.25, 0.3) is 0 Å². The van der Waals surface area contributed by atoms with E-state index in [1.165, 1.54) is 0 Å². The predicted molar refractivity (Wildman–Crippen MR) is 79.9 cm³/mol. The van der Waals surface area contributed by atoms with Crippen molar-refractivity contribution < 1.29 is 24.1 Å². The molecule has 0 aliphatic rings. The third-order valence-electron chi connectivity index (χ3n) is 3.26. The highest BCUT2D eigenvalue weighted by Gasteiger charge is 2.11. The second kappa shape index (κ2) is 15.7. The Balaban J connectivity index is 3.51. The van der Waals surface area contributed by atoms with Crippen LogP contribution in [0.4, 0.5) is 0 Å². The minimum Gasteiger partial charge on any atom is -0.462 e. The molecule has 0 fully saturated rings. The highest BCUT2D eigenvalue weighted by molar-refractivity contribution is 5.69. The van der Waals surface area contributed by atoms with Crippen molar-refractivity contribution in [2.75, 3.05) is 20.0 Å². The summed E-state index contributed by atoms with van der Waals surface area (Å²) in [6.45, 7) is 2.85. The van der Waals surface area contributed by atoms with Crippen LogP contribution in [0.15, 0.2) is 0 Å². The van der Waals surface area contributed by atoms with Crippen LogP contribution in [0.1, 0.15) is 64.7 Å². The lowest BCUT2D eigenvalue weighted by Gasteiger charge is -2.16. The zero-order valence-electron chi connectivity index (χ0n) is 13.3. The summed E-state index contributed by atoms with van der Waals surface area (Å²) in [5, 5.41) is 10.3. The van der Waals surface area contributed by atoms with Crippen LogP contribution in [-0.4, -0.2) is 32.1 Å². The van der Waals surface area contributed by atoms with E-state index < -0.39 is 0 Å². The van der Waals surface area contributed by atoms with Crippen molar-refractivity contribution >= 4 is 5.97 Å². The van der Waals surface area contributed by atoms with Crippen molar-refractivity contribution in [3.63, 3.8) is 0 Å². The molecule has 5 heteroatoms. The average Bonchev–Trinajstić information content (AvgIpc) is 2.49. The first-order valence-electron chi connectivity index (χ1n) is 7.96. The van der Waals surface area contributed by atoms with Gasteiger partial charge in [-0.15, -0.1) is 0 Å². The van der Waals surface area contributed by atoms with Crippen molar-refractivity contribution in [3.8, 4) is 0 Å². The molecule has 0 aromatic carbocycles. The van der Waals surface area contributed by atoms with E-state index in [0.717, 1.165) is 44.9 Å². The molecule has 1 atom stereocenters. The normalized spacial score (nSPS) is 12.3. The van der Waals surface area contributed by atoms with Crippen molar-refractivity contribution in [2.24, 2.45) is 0 Å². The Morgan fingerprint density at radius 3 is 2.52 bits per heavy atom. The summed E-state index contributed by atoms with van der Waals surface area (Å²) < 4.78 is 15.1. The second-order valence-corrected chi connectivity index (χ2v) is 5.11. The third-order valence-corrected chi connectivity index (χ3v) is 3.26. The summed E-state index contributed by atoms with van der Waals surface area (Å²) in [5.41, 5.74) is 0. The Bertz CT molecular complexity index is 233. The Labute approximate surface area is 129 Å². The van der Waals surface area contributed by atoms with Crippen LogP contribution in [0.5, 0.6) is 0 Å². The standard InChI is InChI=1S/C16H30O5/c1-3-15(10-6-4-8-12-17)21-16(18)11-7-5-9-13-20-14-19-2/h15H,2-14H2,1H3. The first kappa shape index (κ1) is 20.3. The molecule has 0 heterocycles. The second-order valence-electron chi connectivity index (χ2n) is 5.11. The fourth-order valence-corrected chi connectivity index (χ4v) is 2.01. The number of carbonyl (C=O) groups excluding carboxylic acids is 1. The maximum atomic E-state index is 11.7. The van der Waals surface area contributed by atoms with Crippen LogP contribution < -0.4 is 0 Å². The molecule has 0 saturated carbocycles. The van der Waals surface area contributed by atoms with E-state index in [2.05, 4.69) is 11.8 Å². The van der Waals surface area contributed by atoms with Gasteiger partial charge in [0, 0.05) is 13.0 Å². The third kappa shape index (κ3) is 14.1. The predicted octanol–water partition coefficient (Wildman–Crippen LogP) is 3.64. The zero-order valence-corrected chi connectivity index (χ0v) is 13.3. The van der Waals surface area contributed by atoms with Crippen molar-refractivity contribution in [1.29, 1.82) is 0 Å². The molecule has 0 aromatic rings. The summed E-state index contributed by atoms with van der Waals surface area (Å²) in [4.78, 5) is 11.7. The molecule has 0 rings (SSSR count). The molecule has 0 spiro atoms. The molecular weight excluding hydrogens is 272 g/mol. The highest BCUT2D eigenvalue weighted by Crippen LogP contribution is 2.12. The first-order valence-corrected chi connectivity index (χ1v) is 7.96. The summed E-state index contributed by atoms with van der Waals surface area (Å²) in [7, 11) is 3.21. The van der Waals surface area contributed by atoms with E-state index >= 15 is 0 Å². The Kier molecular flexibility index (Phi) is 15.2. The van der Waals surface area contributed by atoms with Gasteiger partial charge in [-0.1, -0.05) is 19.8 Å². The van der Waals surface area contributed by atoms with Gasteiger partial charge >= 0.3 is 5.97 Å². The number of carbonyl (C=O) groups is 1. The maximum absolute atomic E-state index is 11.7. The number of esters is 1. The van der Waals surface area contributed by atoms with Gasteiger partial charge < -0.3 is 14.2 Å². The van der Waals surface area contributed by atoms with Gasteiger partial charge in [-0.05, 0) is 38.5 Å². The minimum atomic E-state index is -0.118. The Morgan fingerprint density at radius 2 is 1.86 bits per heavy atom. The molecule has 5 nitrogen and oxygen atoms in total. The monoisotopic (exact) mass is 302 g/mol. The number of unbranched alkanes of at least 4 members (excludes halogenated alkanes) is 4. The molecule has 0 aliphatic heterocycles. The van der Waals surface area contributed by atoms with Gasteiger partial charge in [0.05, 0.1) is 13.7 Å². The molecular formula is C16H30O5. The molecule has 0 amide bonds. The largest absolute Gasteiger partial charge is 0.462 e. The molecule has 0 N–H and O–H groups in total. The molecule has 0 bridgehead atoms. The fourth-order valence-electron chi connectivity index (χ4n) is 2.01. The number of ether oxygens (including phenoxy) is 3. The number of hydrogen-bond acceptors (Lipinski definition) is 4. The van der Waals surface area contributed by atoms with E-state index in [-0.39, 0.29) is 25.5 Å². The van der Waals surface area contributed by atoms with Gasteiger partial charge in [-0.2, -0.15) is 0 Å². The van der Waals surface area contributed by atoms with Crippen molar-refractivity contribution in [2.45, 2.75) is 70.8 Å². The molecule has 2 radical (unpaired) electrons. The van der Waals surface area contributed by atoms with E-state index in [1.807, 2.05) is 6.92 Å². The molecule has 0 saturated heterocycles. The quantitative estimate of drug-likeness (QED) is 0.263. The van der Waals surface area contributed by atoms with E-state index in [4.69, 9.17) is 9.47 Å². The lowest BCUT2D eigenvalue weighted by atomic mass is 10.1. The lowest BCUT2D eigenvalue weighted by molar-refractivity contribution is -0.149. The topological polar surface area (TPSA) is 64.7 Å². The molecule has 0 aliphatic carbocycles. The fraction of sp³-hybridized carbons (Fsp3) is 0.875. The summed E-state index contributed by atoms with van der Waals surface area (Å²) >= 11 is 0. The Morgan fingerprint density at radius 1 is 1.10 bits per heavy atom. The van der Waals surface area contributed by atoms with E-state index in [0.29, 0.717) is 19.4 Å². The molecule has 124 valence electrons. The summed E-state index contributed by atoms with van der Waals surface area (Å²) in [5.74, 6) is -0.118. The highest BCUT2D eigenvalue weighted by atomic mass is 16.7. The van der Waals surface area contributed by atoms with Crippen LogP contribution in [0.3, 0.4) is 0 Å². The Hall–Kier alpha value is -0.650. The van der Waals surface area contributed by atoms with Gasteiger partial charge in [-0.3, -0.25) is 4.79 Å². The van der Waals surface area contributed by atoms with Crippen molar-refractivity contribution in [1.82, 2.24) is 0 Å². The average molecular weight is 302 g/mol. The van der Waals surface area contributed by atoms with Gasteiger partial charge in [0.2, 0.25) is 0 Å². The molecule has 1 unspecified atom stereocenters. The lowest BCUT2D eigenvalue weighted by Crippen LogP contribution is -2.17. The maximum Gasteiger partial charge on any atom is 0.306 e. The SMILES string of the molecule is [CH2]OCOCCCCCC(=O)OC(CC)CCCCC[O]. The molecule has 0 aromatic heterocycles. The van der Waals surface area contributed by atoms with Crippen LogP contribution in [0, 0.1) is 7.11 Å². The zero-order chi connectivity index (χ0) is 15.8. The van der Waals surface area contributed by atoms with Gasteiger partial charge in [0.15, 0.2) is 0 Å². The van der Waals surface area contributed by atoms with E-state index in [9.17, 15) is 9.90 Å². The molecule has 21 heavy (non-hydrogen) atoms. The van der Waals surface area contributed by atoms with Crippen molar-refractivity contribution in [3.05, 3.63) is 7.11 Å². The summed E-state index contributed by atoms with van der Waals surface area (Å²) in [6, 6.07) is 0. The van der Waals surface area contributed by atoms with Gasteiger partial charge in [0.25, 0.3) is 0 Å². The van der Waals surface area contributed by atoms with E-state index in [1.54, 1.807) is 0 Å². The number of hydrogen-bond donors (Lipinski definition) is 0. The van der Waals surface area contributed by atoms with Gasteiger partial charge in [-0.25, -0.2) is 5.11 Å². The first-order chi connectivity index (χ1) is 10.2. The smallest absolute Gasteiger partial charge is 0.306 e. The van der Waals surface area contributed by atoms with Gasteiger partial charge in [0.1, 0.15) is 12.9 Å². The number of rotatable bonds is 15.